The van der Waals surface area contributed by atoms with Gasteiger partial charge in [-0.2, -0.15) is 5.10 Å². The number of alkyl halides is 2. The Balaban J connectivity index is 1.85. The Morgan fingerprint density at radius 3 is 2.76 bits per heavy atom. The fourth-order valence-electron chi connectivity index (χ4n) is 2.68. The van der Waals surface area contributed by atoms with Crippen LogP contribution in [0.2, 0.25) is 0 Å². The van der Waals surface area contributed by atoms with Crippen molar-refractivity contribution in [1.82, 2.24) is 15.1 Å². The van der Waals surface area contributed by atoms with Crippen molar-refractivity contribution in [2.75, 3.05) is 20.3 Å². The quantitative estimate of drug-likeness (QED) is 0.799. The van der Waals surface area contributed by atoms with E-state index in [9.17, 15) is 13.6 Å². The Morgan fingerprint density at radius 2 is 2.29 bits per heavy atom. The summed E-state index contributed by atoms with van der Waals surface area (Å²) in [6, 6.07) is 0.342. The standard InChI is InChI=1S/C14H21F2N3O2/c1-21-10-14(4-2-5-14)9-17-12(20)8-11(13(15)16)19-7-3-6-18-19/h3,6-7,11,13H,2,4-5,8-10H2,1H3,(H,17,20). The SMILES string of the molecule is COCC1(CNC(=O)CC(C(F)F)n2cccn2)CCC1. The third-order valence-corrected chi connectivity index (χ3v) is 4.08. The van der Waals surface area contributed by atoms with Gasteiger partial charge in [0.1, 0.15) is 6.04 Å². The first-order valence-electron chi connectivity index (χ1n) is 7.09. The van der Waals surface area contributed by atoms with Crippen LogP contribution in [-0.4, -0.2) is 42.4 Å². The van der Waals surface area contributed by atoms with Crippen molar-refractivity contribution in [2.45, 2.75) is 38.2 Å². The van der Waals surface area contributed by atoms with Gasteiger partial charge in [0.25, 0.3) is 6.43 Å². The summed E-state index contributed by atoms with van der Waals surface area (Å²) in [7, 11) is 1.63. The number of carbonyl (C=O) groups excluding carboxylic acids is 1. The largest absolute Gasteiger partial charge is 0.384 e. The maximum absolute atomic E-state index is 13.0. The normalized spacial score (nSPS) is 18.3. The second-order valence-corrected chi connectivity index (χ2v) is 5.66. The van der Waals surface area contributed by atoms with Gasteiger partial charge in [0, 0.05) is 31.5 Å². The number of aromatic nitrogens is 2. The molecule has 1 atom stereocenters. The minimum atomic E-state index is -2.63. The first-order chi connectivity index (χ1) is 10.1. The second kappa shape index (κ2) is 6.98. The zero-order valence-corrected chi connectivity index (χ0v) is 12.1. The van der Waals surface area contributed by atoms with Crippen molar-refractivity contribution >= 4 is 5.91 Å². The van der Waals surface area contributed by atoms with Gasteiger partial charge in [0.2, 0.25) is 5.91 Å². The highest BCUT2D eigenvalue weighted by atomic mass is 19.3. The third-order valence-electron chi connectivity index (χ3n) is 4.08. The lowest BCUT2D eigenvalue weighted by atomic mass is 9.69. The first-order valence-corrected chi connectivity index (χ1v) is 7.09. The van der Waals surface area contributed by atoms with Gasteiger partial charge in [0.15, 0.2) is 0 Å². The van der Waals surface area contributed by atoms with Gasteiger partial charge in [-0.3, -0.25) is 9.48 Å². The molecule has 0 aromatic carbocycles. The molecule has 1 aliphatic rings. The van der Waals surface area contributed by atoms with E-state index < -0.39 is 12.5 Å². The molecular weight excluding hydrogens is 280 g/mol. The highest BCUT2D eigenvalue weighted by Crippen LogP contribution is 2.40. The smallest absolute Gasteiger partial charge is 0.261 e. The highest BCUT2D eigenvalue weighted by Gasteiger charge is 2.37. The Hall–Kier alpha value is -1.50. The zero-order valence-electron chi connectivity index (χ0n) is 12.1. The molecule has 1 amide bonds. The number of ether oxygens (including phenoxy) is 1. The van der Waals surface area contributed by atoms with E-state index in [4.69, 9.17) is 4.74 Å². The van der Waals surface area contributed by atoms with Gasteiger partial charge in [0.05, 0.1) is 13.0 Å². The Labute approximate surface area is 122 Å². The molecule has 1 heterocycles. The maximum atomic E-state index is 13.0. The summed E-state index contributed by atoms with van der Waals surface area (Å²) in [5.74, 6) is -0.377. The van der Waals surface area contributed by atoms with Gasteiger partial charge in [-0.05, 0) is 18.9 Å². The predicted molar refractivity (Wildman–Crippen MR) is 73.1 cm³/mol. The molecule has 1 fully saturated rings. The van der Waals surface area contributed by atoms with E-state index in [1.807, 2.05) is 0 Å². The molecule has 1 N–H and O–H groups in total. The minimum Gasteiger partial charge on any atom is -0.384 e. The average molecular weight is 301 g/mol. The molecule has 0 saturated heterocycles. The number of methoxy groups -OCH3 is 1. The van der Waals surface area contributed by atoms with E-state index in [2.05, 4.69) is 10.4 Å². The van der Waals surface area contributed by atoms with Crippen LogP contribution in [0.5, 0.6) is 0 Å². The van der Waals surface area contributed by atoms with E-state index in [1.165, 1.54) is 12.4 Å². The summed E-state index contributed by atoms with van der Waals surface area (Å²) in [6.45, 7) is 1.07. The van der Waals surface area contributed by atoms with Crippen LogP contribution in [0.3, 0.4) is 0 Å². The van der Waals surface area contributed by atoms with Crippen molar-refractivity contribution in [3.63, 3.8) is 0 Å². The third kappa shape index (κ3) is 4.00. The number of carbonyl (C=O) groups is 1. The molecular formula is C14H21F2N3O2. The van der Waals surface area contributed by atoms with Crippen molar-refractivity contribution in [3.05, 3.63) is 18.5 Å². The van der Waals surface area contributed by atoms with E-state index in [0.29, 0.717) is 13.2 Å². The van der Waals surface area contributed by atoms with E-state index >= 15 is 0 Å². The van der Waals surface area contributed by atoms with Crippen LogP contribution in [0, 0.1) is 5.41 Å². The Bertz CT molecular complexity index is 447. The van der Waals surface area contributed by atoms with Gasteiger partial charge < -0.3 is 10.1 Å². The van der Waals surface area contributed by atoms with Crippen LogP contribution in [-0.2, 0) is 9.53 Å². The van der Waals surface area contributed by atoms with Crippen molar-refractivity contribution < 1.29 is 18.3 Å². The first kappa shape index (κ1) is 15.9. The van der Waals surface area contributed by atoms with Crippen molar-refractivity contribution in [3.8, 4) is 0 Å². The molecule has 118 valence electrons. The number of amides is 1. The predicted octanol–water partition coefficient (Wildman–Crippen LogP) is 2.01. The van der Waals surface area contributed by atoms with Gasteiger partial charge in [-0.15, -0.1) is 0 Å². The Kier molecular flexibility index (Phi) is 5.27. The molecule has 21 heavy (non-hydrogen) atoms. The Morgan fingerprint density at radius 1 is 1.52 bits per heavy atom. The lowest BCUT2D eigenvalue weighted by molar-refractivity contribution is -0.124. The van der Waals surface area contributed by atoms with Crippen LogP contribution >= 0.6 is 0 Å². The molecule has 1 unspecified atom stereocenters. The topological polar surface area (TPSA) is 56.1 Å². The zero-order chi connectivity index (χ0) is 15.3. The molecule has 1 aromatic heterocycles. The summed E-state index contributed by atoms with van der Waals surface area (Å²) in [4.78, 5) is 11.9. The van der Waals surface area contributed by atoms with Crippen LogP contribution in [0.4, 0.5) is 8.78 Å². The molecule has 0 aliphatic heterocycles. The number of nitrogens with one attached hydrogen (secondary N) is 1. The summed E-state index contributed by atoms with van der Waals surface area (Å²) in [6.07, 6.45) is 3.08. The number of rotatable bonds is 8. The van der Waals surface area contributed by atoms with E-state index in [-0.39, 0.29) is 17.7 Å². The molecule has 0 spiro atoms. The molecule has 1 aliphatic carbocycles. The van der Waals surface area contributed by atoms with Crippen LogP contribution in [0.1, 0.15) is 31.7 Å². The van der Waals surface area contributed by atoms with Crippen LogP contribution < -0.4 is 5.32 Å². The molecule has 7 heteroatoms. The molecule has 0 radical (unpaired) electrons. The molecule has 0 bridgehead atoms. The van der Waals surface area contributed by atoms with Gasteiger partial charge in [-0.25, -0.2) is 8.78 Å². The lowest BCUT2D eigenvalue weighted by Gasteiger charge is -2.41. The molecule has 2 rings (SSSR count). The summed E-state index contributed by atoms with van der Waals surface area (Å²) in [5, 5.41) is 6.56. The summed E-state index contributed by atoms with van der Waals surface area (Å²) >= 11 is 0. The fraction of sp³-hybridized carbons (Fsp3) is 0.714. The second-order valence-electron chi connectivity index (χ2n) is 5.66. The summed E-state index contributed by atoms with van der Waals surface area (Å²) in [5.41, 5.74) is -0.0174. The number of hydrogen-bond donors (Lipinski definition) is 1. The monoisotopic (exact) mass is 301 g/mol. The van der Waals surface area contributed by atoms with Crippen LogP contribution in [0.25, 0.3) is 0 Å². The minimum absolute atomic E-state index is 0.0174. The number of halogens is 2. The van der Waals surface area contributed by atoms with Gasteiger partial charge in [-0.1, -0.05) is 6.42 Å². The fourth-order valence-corrected chi connectivity index (χ4v) is 2.68. The van der Waals surface area contributed by atoms with Crippen molar-refractivity contribution in [2.24, 2.45) is 5.41 Å². The molecule has 1 saturated carbocycles. The molecule has 5 nitrogen and oxygen atoms in total. The number of hydrogen-bond acceptors (Lipinski definition) is 3. The maximum Gasteiger partial charge on any atom is 0.261 e. The molecule has 1 aromatic rings. The average Bonchev–Trinajstić information content (AvgIpc) is 2.92. The van der Waals surface area contributed by atoms with Crippen molar-refractivity contribution in [1.29, 1.82) is 0 Å². The highest BCUT2D eigenvalue weighted by molar-refractivity contribution is 5.76. The number of nitrogens with zero attached hydrogens (tertiary/aromatic N) is 2. The van der Waals surface area contributed by atoms with Crippen LogP contribution in [0.15, 0.2) is 18.5 Å². The van der Waals surface area contributed by atoms with E-state index in [0.717, 1.165) is 23.9 Å². The van der Waals surface area contributed by atoms with E-state index in [1.54, 1.807) is 13.2 Å². The van der Waals surface area contributed by atoms with Gasteiger partial charge >= 0.3 is 0 Å². The summed E-state index contributed by atoms with van der Waals surface area (Å²) < 4.78 is 32.4. The lowest BCUT2D eigenvalue weighted by Crippen LogP contribution is -2.45.